The maximum atomic E-state index is 10.7. The van der Waals surface area contributed by atoms with Gasteiger partial charge in [-0.05, 0) is 31.6 Å². The summed E-state index contributed by atoms with van der Waals surface area (Å²) < 4.78 is 7.46. The number of ether oxygens (including phenoxy) is 1. The zero-order valence-electron chi connectivity index (χ0n) is 13.2. The molecule has 1 aromatic rings. The molecule has 1 saturated carbocycles. The molecule has 0 spiro atoms. The van der Waals surface area contributed by atoms with Crippen LogP contribution < -0.4 is 0 Å². The summed E-state index contributed by atoms with van der Waals surface area (Å²) in [6, 6.07) is 0.684. The first-order valence-electron chi connectivity index (χ1n) is 8.07. The van der Waals surface area contributed by atoms with Crippen LogP contribution >= 0.6 is 0 Å². The van der Waals surface area contributed by atoms with Gasteiger partial charge in [0.1, 0.15) is 0 Å². The van der Waals surface area contributed by atoms with Gasteiger partial charge >= 0.3 is 0 Å². The monoisotopic (exact) mass is 293 g/mol. The molecule has 1 saturated heterocycles. The summed E-state index contributed by atoms with van der Waals surface area (Å²) in [5.41, 5.74) is 0.746. The molecular weight excluding hydrogens is 266 g/mol. The van der Waals surface area contributed by atoms with Gasteiger partial charge in [0.25, 0.3) is 0 Å². The summed E-state index contributed by atoms with van der Waals surface area (Å²) in [4.78, 5) is 6.75. The standard InChI is InChI=1S/C16H27N3O2/c1-13-10-18(7-5-16(13,20)6-8-21-2)11-15-9-17-12-19(15)14-3-4-14/h9,12-14,20H,3-8,10-11H2,1-2H3/t13-,16-/m1/s1. The lowest BCUT2D eigenvalue weighted by Gasteiger charge is -2.43. The molecule has 1 aliphatic carbocycles. The third-order valence-electron chi connectivity index (χ3n) is 5.12. The summed E-state index contributed by atoms with van der Waals surface area (Å²) in [5.74, 6) is 0.277. The molecular formula is C16H27N3O2. The number of aromatic nitrogens is 2. The highest BCUT2D eigenvalue weighted by Crippen LogP contribution is 2.36. The molecule has 2 atom stereocenters. The van der Waals surface area contributed by atoms with Crippen LogP contribution in [0.25, 0.3) is 0 Å². The molecule has 2 aliphatic rings. The lowest BCUT2D eigenvalue weighted by molar-refractivity contribution is -0.0830. The maximum Gasteiger partial charge on any atom is 0.0951 e. The van der Waals surface area contributed by atoms with Crippen molar-refractivity contribution in [2.24, 2.45) is 5.92 Å². The van der Waals surface area contributed by atoms with Gasteiger partial charge in [-0.1, -0.05) is 6.92 Å². The number of hydrogen-bond acceptors (Lipinski definition) is 4. The van der Waals surface area contributed by atoms with Crippen LogP contribution in [0.2, 0.25) is 0 Å². The van der Waals surface area contributed by atoms with E-state index in [2.05, 4.69) is 21.4 Å². The highest BCUT2D eigenvalue weighted by atomic mass is 16.5. The molecule has 1 aromatic heterocycles. The van der Waals surface area contributed by atoms with E-state index in [0.29, 0.717) is 12.6 Å². The number of aliphatic hydroxyl groups is 1. The highest BCUT2D eigenvalue weighted by molar-refractivity contribution is 5.04. The molecule has 1 aliphatic heterocycles. The third kappa shape index (κ3) is 3.30. The molecule has 1 N–H and O–H groups in total. The van der Waals surface area contributed by atoms with E-state index < -0.39 is 5.60 Å². The van der Waals surface area contributed by atoms with E-state index in [0.717, 1.165) is 32.5 Å². The zero-order chi connectivity index (χ0) is 14.9. The normalized spacial score (nSPS) is 30.7. The Hall–Kier alpha value is -0.910. The third-order valence-corrected chi connectivity index (χ3v) is 5.12. The Kier molecular flexibility index (Phi) is 4.33. The first kappa shape index (κ1) is 15.0. The fourth-order valence-corrected chi connectivity index (χ4v) is 3.41. The van der Waals surface area contributed by atoms with Crippen LogP contribution in [-0.2, 0) is 11.3 Å². The van der Waals surface area contributed by atoms with Gasteiger partial charge < -0.3 is 14.4 Å². The van der Waals surface area contributed by atoms with Crippen molar-refractivity contribution in [2.75, 3.05) is 26.8 Å². The van der Waals surface area contributed by atoms with Gasteiger partial charge in [-0.3, -0.25) is 4.90 Å². The second kappa shape index (κ2) is 6.07. The first-order valence-corrected chi connectivity index (χ1v) is 8.07. The van der Waals surface area contributed by atoms with Gasteiger partial charge in [-0.2, -0.15) is 0 Å². The number of imidazole rings is 1. The molecule has 5 heteroatoms. The lowest BCUT2D eigenvalue weighted by Crippen LogP contribution is -2.51. The molecule has 2 heterocycles. The van der Waals surface area contributed by atoms with Crippen LogP contribution in [-0.4, -0.2) is 52.0 Å². The number of nitrogens with zero attached hydrogens (tertiary/aromatic N) is 3. The molecule has 21 heavy (non-hydrogen) atoms. The number of methoxy groups -OCH3 is 1. The topological polar surface area (TPSA) is 50.5 Å². The summed E-state index contributed by atoms with van der Waals surface area (Å²) in [7, 11) is 1.70. The quantitative estimate of drug-likeness (QED) is 0.869. The van der Waals surface area contributed by atoms with Gasteiger partial charge in [-0.25, -0.2) is 4.98 Å². The minimum atomic E-state index is -0.566. The molecule has 2 fully saturated rings. The fraction of sp³-hybridized carbons (Fsp3) is 0.812. The van der Waals surface area contributed by atoms with E-state index in [1.807, 2.05) is 12.5 Å². The molecule has 0 aromatic carbocycles. The summed E-state index contributed by atoms with van der Waals surface area (Å²) in [6.07, 6.45) is 8.10. The second-order valence-electron chi connectivity index (χ2n) is 6.76. The largest absolute Gasteiger partial charge is 0.389 e. The summed E-state index contributed by atoms with van der Waals surface area (Å²) >= 11 is 0. The van der Waals surface area contributed by atoms with Crippen molar-refractivity contribution < 1.29 is 9.84 Å². The number of rotatable bonds is 6. The number of piperidine rings is 1. The zero-order valence-corrected chi connectivity index (χ0v) is 13.2. The average molecular weight is 293 g/mol. The fourth-order valence-electron chi connectivity index (χ4n) is 3.41. The van der Waals surface area contributed by atoms with E-state index in [4.69, 9.17) is 4.74 Å². The Morgan fingerprint density at radius 1 is 1.48 bits per heavy atom. The Morgan fingerprint density at radius 3 is 2.95 bits per heavy atom. The van der Waals surface area contributed by atoms with Crippen molar-refractivity contribution in [3.63, 3.8) is 0 Å². The van der Waals surface area contributed by atoms with E-state index in [9.17, 15) is 5.11 Å². The van der Waals surface area contributed by atoms with Crippen molar-refractivity contribution >= 4 is 0 Å². The summed E-state index contributed by atoms with van der Waals surface area (Å²) in [6.45, 7) is 5.62. The predicted molar refractivity (Wildman–Crippen MR) is 81.0 cm³/mol. The molecule has 3 rings (SSSR count). The van der Waals surface area contributed by atoms with Gasteiger partial charge in [0.05, 0.1) is 17.6 Å². The summed E-state index contributed by atoms with van der Waals surface area (Å²) in [5, 5.41) is 10.7. The molecule has 0 amide bonds. The van der Waals surface area contributed by atoms with Crippen LogP contribution in [0.15, 0.2) is 12.5 Å². The average Bonchev–Trinajstić information content (AvgIpc) is 3.21. The van der Waals surface area contributed by atoms with Gasteiger partial charge in [-0.15, -0.1) is 0 Å². The molecule has 0 bridgehead atoms. The Labute approximate surface area is 126 Å². The highest BCUT2D eigenvalue weighted by Gasteiger charge is 2.38. The van der Waals surface area contributed by atoms with E-state index in [-0.39, 0.29) is 5.92 Å². The van der Waals surface area contributed by atoms with Crippen LogP contribution in [0, 0.1) is 5.92 Å². The number of hydrogen-bond donors (Lipinski definition) is 1. The minimum absolute atomic E-state index is 0.277. The molecule has 0 radical (unpaired) electrons. The predicted octanol–water partition coefficient (Wildman–Crippen LogP) is 1.83. The van der Waals surface area contributed by atoms with Crippen LogP contribution in [0.1, 0.15) is 44.3 Å². The van der Waals surface area contributed by atoms with Gasteiger partial charge in [0, 0.05) is 45.6 Å². The first-order chi connectivity index (χ1) is 10.1. The Morgan fingerprint density at radius 2 is 2.29 bits per heavy atom. The molecule has 5 nitrogen and oxygen atoms in total. The SMILES string of the molecule is COCC[C@]1(O)CCN(Cc2cncn2C2CC2)C[C@H]1C. The van der Waals surface area contributed by atoms with Crippen LogP contribution in [0.4, 0.5) is 0 Å². The van der Waals surface area contributed by atoms with Crippen LogP contribution in [0.3, 0.4) is 0 Å². The van der Waals surface area contributed by atoms with Gasteiger partial charge in [0.15, 0.2) is 0 Å². The van der Waals surface area contributed by atoms with E-state index in [1.54, 1.807) is 7.11 Å². The Bertz CT molecular complexity index is 472. The maximum absolute atomic E-state index is 10.7. The van der Waals surface area contributed by atoms with Crippen LogP contribution in [0.5, 0.6) is 0 Å². The van der Waals surface area contributed by atoms with Crippen molar-refractivity contribution in [2.45, 2.75) is 50.8 Å². The van der Waals surface area contributed by atoms with Crippen molar-refractivity contribution in [1.82, 2.24) is 14.5 Å². The Balaban J connectivity index is 1.58. The number of likely N-dealkylation sites (tertiary alicyclic amines) is 1. The minimum Gasteiger partial charge on any atom is -0.389 e. The lowest BCUT2D eigenvalue weighted by atomic mass is 9.80. The van der Waals surface area contributed by atoms with E-state index >= 15 is 0 Å². The van der Waals surface area contributed by atoms with Crippen molar-refractivity contribution in [3.05, 3.63) is 18.2 Å². The molecule has 118 valence electrons. The van der Waals surface area contributed by atoms with E-state index in [1.165, 1.54) is 18.5 Å². The van der Waals surface area contributed by atoms with Crippen molar-refractivity contribution in [1.29, 1.82) is 0 Å². The van der Waals surface area contributed by atoms with Gasteiger partial charge in [0.2, 0.25) is 0 Å². The smallest absolute Gasteiger partial charge is 0.0951 e. The second-order valence-corrected chi connectivity index (χ2v) is 6.76. The van der Waals surface area contributed by atoms with Crippen molar-refractivity contribution in [3.8, 4) is 0 Å². The molecule has 0 unspecified atom stereocenters.